The van der Waals surface area contributed by atoms with Crippen LogP contribution in [0, 0.1) is 0 Å². The van der Waals surface area contributed by atoms with Gasteiger partial charge >= 0.3 is 40.0 Å². The predicted molar refractivity (Wildman–Crippen MR) is 62.8 cm³/mol. The van der Waals surface area contributed by atoms with E-state index >= 15 is 0 Å². The van der Waals surface area contributed by atoms with E-state index in [1.807, 2.05) is 6.08 Å². The number of urea groups is 1. The number of aromatic nitrogens is 1. The van der Waals surface area contributed by atoms with Crippen molar-refractivity contribution in [2.75, 3.05) is 13.1 Å². The summed E-state index contributed by atoms with van der Waals surface area (Å²) >= 11 is 0. The standard InChI is InChI=1S/C9H9N3O2.Na.H2O4S/c13-9-11-8-1-6(3-12(9)4-8)7-2-10-14-5-7;;1-5(2,3)4/h1-2,5,8H,3-4H2,(H,11,13);;(H2,1,2,3,4)/q;+1;/p-1. The summed E-state index contributed by atoms with van der Waals surface area (Å²) in [7, 11) is -4.67. The van der Waals surface area contributed by atoms with E-state index in [0.717, 1.165) is 11.1 Å². The van der Waals surface area contributed by atoms with E-state index in [9.17, 15) is 4.79 Å². The van der Waals surface area contributed by atoms with Crippen molar-refractivity contribution < 1.29 is 56.4 Å². The molecule has 2 aliphatic heterocycles. The van der Waals surface area contributed by atoms with Crippen LogP contribution in [0.25, 0.3) is 10.9 Å². The Morgan fingerprint density at radius 2 is 2.10 bits per heavy atom. The van der Waals surface area contributed by atoms with Crippen LogP contribution in [-0.4, -0.2) is 52.7 Å². The smallest absolute Gasteiger partial charge is 0.432 e. The zero-order valence-corrected chi connectivity index (χ0v) is 13.3. The van der Waals surface area contributed by atoms with Crippen molar-refractivity contribution in [3.8, 4) is 0 Å². The summed E-state index contributed by atoms with van der Waals surface area (Å²) in [5.41, 5.74) is 2.00. The summed E-state index contributed by atoms with van der Waals surface area (Å²) < 4.78 is 36.3. The molecular formula is C9H10N3NaO6S. The Bertz CT molecular complexity index is 591. The van der Waals surface area contributed by atoms with Gasteiger partial charge in [-0.1, -0.05) is 11.2 Å². The van der Waals surface area contributed by atoms with E-state index < -0.39 is 10.4 Å². The molecule has 2 N–H and O–H groups in total. The van der Waals surface area contributed by atoms with Crippen LogP contribution in [0.2, 0.25) is 0 Å². The fourth-order valence-corrected chi connectivity index (χ4v) is 1.83. The van der Waals surface area contributed by atoms with Crippen molar-refractivity contribution >= 4 is 22.0 Å². The minimum Gasteiger partial charge on any atom is -0.432 e. The number of hydrogen-bond donors (Lipinski definition) is 2. The van der Waals surface area contributed by atoms with Crippen LogP contribution < -0.4 is 29.6 Å². The van der Waals surface area contributed by atoms with Gasteiger partial charge in [-0.05, 0) is 24.7 Å². The minimum atomic E-state index is -4.67. The molecule has 2 amide bonds. The average molecular weight is 311 g/mol. The molecule has 2 aliphatic rings. The molecule has 1 aromatic rings. The van der Waals surface area contributed by atoms with Gasteiger partial charge in [-0.15, -0.1) is 0 Å². The van der Waals surface area contributed by atoms with Gasteiger partial charge in [-0.3, -0.25) is 13.9 Å². The molecule has 0 aromatic carbocycles. The molecule has 20 heavy (non-hydrogen) atoms. The van der Waals surface area contributed by atoms with E-state index in [2.05, 4.69) is 10.5 Å². The molecule has 0 saturated carbocycles. The molecule has 2 bridgehead atoms. The topological polar surface area (TPSA) is 135 Å². The molecule has 11 heteroatoms. The third-order valence-electron chi connectivity index (χ3n) is 2.51. The van der Waals surface area contributed by atoms with Gasteiger partial charge in [0.1, 0.15) is 6.26 Å². The van der Waals surface area contributed by atoms with E-state index in [0.29, 0.717) is 13.1 Å². The molecule has 1 unspecified atom stereocenters. The van der Waals surface area contributed by atoms with Crippen LogP contribution in [0.4, 0.5) is 4.79 Å². The molecule has 3 rings (SSSR count). The fraction of sp³-hybridized carbons (Fsp3) is 0.333. The third kappa shape index (κ3) is 4.89. The van der Waals surface area contributed by atoms with Gasteiger partial charge in [0.15, 0.2) is 6.03 Å². The fourth-order valence-electron chi connectivity index (χ4n) is 1.83. The van der Waals surface area contributed by atoms with Gasteiger partial charge in [0.05, 0.1) is 6.20 Å². The second kappa shape index (κ2) is 6.70. The number of carbonyl (C=O) groups is 1. The number of amides is 2. The van der Waals surface area contributed by atoms with Crippen LogP contribution in [-0.2, 0) is 10.4 Å². The van der Waals surface area contributed by atoms with Gasteiger partial charge in [0.2, 0.25) is 0 Å². The Morgan fingerprint density at radius 3 is 2.60 bits per heavy atom. The second-order valence-electron chi connectivity index (χ2n) is 3.91. The molecule has 0 radical (unpaired) electrons. The van der Waals surface area contributed by atoms with E-state index in [1.54, 1.807) is 17.4 Å². The normalized spacial score (nSPS) is 20.3. The zero-order valence-electron chi connectivity index (χ0n) is 10.5. The molecular weight excluding hydrogens is 301 g/mol. The maximum absolute atomic E-state index is 11.3. The van der Waals surface area contributed by atoms with Gasteiger partial charge in [-0.25, -0.2) is 0 Å². The van der Waals surface area contributed by atoms with Gasteiger partial charge in [0, 0.05) is 5.56 Å². The average Bonchev–Trinajstić information content (AvgIpc) is 2.86. The van der Waals surface area contributed by atoms with Crippen molar-refractivity contribution in [1.82, 2.24) is 10.1 Å². The van der Waals surface area contributed by atoms with Crippen molar-refractivity contribution in [2.24, 2.45) is 0 Å². The summed E-state index contributed by atoms with van der Waals surface area (Å²) in [4.78, 5) is 13.0. The zero-order chi connectivity index (χ0) is 14.0. The molecule has 1 aromatic heterocycles. The quantitative estimate of drug-likeness (QED) is 0.436. The summed E-state index contributed by atoms with van der Waals surface area (Å²) in [5, 5.41) is 7.61. The van der Waals surface area contributed by atoms with Gasteiger partial charge in [0.25, 0.3) is 0 Å². The first-order chi connectivity index (χ1) is 8.83. The molecule has 0 spiro atoms. The van der Waals surface area contributed by atoms with Crippen LogP contribution in [0.3, 0.4) is 0 Å². The van der Waals surface area contributed by atoms with Crippen LogP contribution in [0.15, 0.2) is 23.1 Å². The molecule has 1 saturated heterocycles. The number of nitrogens with zero attached hydrogens (tertiary/aromatic N) is 3. The Balaban J connectivity index is 0.000000293. The molecule has 9 nitrogen and oxygen atoms in total. The maximum Gasteiger partial charge on any atom is 1.00 e. The van der Waals surface area contributed by atoms with Gasteiger partial charge < -0.3 is 14.7 Å². The van der Waals surface area contributed by atoms with E-state index in [1.165, 1.54) is 0 Å². The summed E-state index contributed by atoms with van der Waals surface area (Å²) in [6.45, 7) is 1.33. The second-order valence-corrected chi connectivity index (χ2v) is 4.81. The summed E-state index contributed by atoms with van der Waals surface area (Å²) in [6, 6.07) is -0.0983. The third-order valence-corrected chi connectivity index (χ3v) is 2.51. The van der Waals surface area contributed by atoms with Crippen molar-refractivity contribution in [3.63, 3.8) is 0 Å². The van der Waals surface area contributed by atoms with Crippen molar-refractivity contribution in [1.29, 1.82) is 0 Å². The van der Waals surface area contributed by atoms with Crippen LogP contribution >= 0.6 is 0 Å². The molecule has 104 valence electrons. The first-order valence-electron chi connectivity index (χ1n) is 5.13. The predicted octanol–water partition coefficient (Wildman–Crippen LogP) is -2.40. The Labute approximate surface area is 136 Å². The van der Waals surface area contributed by atoms with Crippen LogP contribution in [0.1, 0.15) is 5.56 Å². The number of rotatable bonds is 1. The SMILES string of the molecule is O=C1[N-]C2C=C(c3cnoc3)CN1C2.O=S(=O)(O)O.[Na+]. The maximum atomic E-state index is 11.3. The minimum absolute atomic E-state index is 0. The van der Waals surface area contributed by atoms with Gasteiger partial charge in [-0.2, -0.15) is 8.42 Å². The van der Waals surface area contributed by atoms with Crippen LogP contribution in [0.5, 0.6) is 0 Å². The molecule has 3 heterocycles. The number of carbonyl (C=O) groups excluding carboxylic acids is 1. The van der Waals surface area contributed by atoms with Crippen molar-refractivity contribution in [2.45, 2.75) is 6.04 Å². The largest absolute Gasteiger partial charge is 1.00 e. The number of hydrogen-bond acceptors (Lipinski definition) is 5. The Hall–Kier alpha value is -0.910. The first kappa shape index (κ1) is 17.1. The molecule has 1 fully saturated rings. The van der Waals surface area contributed by atoms with E-state index in [-0.39, 0.29) is 41.6 Å². The van der Waals surface area contributed by atoms with E-state index in [4.69, 9.17) is 22.0 Å². The Morgan fingerprint density at radius 1 is 1.45 bits per heavy atom. The van der Waals surface area contributed by atoms with Crippen molar-refractivity contribution in [3.05, 3.63) is 29.4 Å². The molecule has 0 aliphatic carbocycles. The summed E-state index contributed by atoms with van der Waals surface area (Å²) in [5.74, 6) is 0. The monoisotopic (exact) mass is 311 g/mol. The first-order valence-corrected chi connectivity index (χ1v) is 6.53. The number of fused-ring (bicyclic) bond motifs is 2. The molecule has 1 atom stereocenters. The summed E-state index contributed by atoms with van der Waals surface area (Å²) in [6.07, 6.45) is 5.25. The Kier molecular flexibility index (Phi) is 5.74.